The summed E-state index contributed by atoms with van der Waals surface area (Å²) in [7, 11) is 0. The predicted molar refractivity (Wildman–Crippen MR) is 60.4 cm³/mol. The Labute approximate surface area is 89.3 Å². The molecule has 0 saturated carbocycles. The van der Waals surface area contributed by atoms with Gasteiger partial charge in [0, 0.05) is 5.54 Å². The van der Waals surface area contributed by atoms with Crippen LogP contribution in [-0.2, 0) is 6.67 Å². The number of nitrogens with zero attached hydrogens (tertiary/aromatic N) is 3. The molecule has 2 rings (SSSR count). The Bertz CT molecular complexity index is 453. The van der Waals surface area contributed by atoms with Crippen molar-refractivity contribution in [2.24, 2.45) is 0 Å². The molecule has 0 aliphatic rings. The summed E-state index contributed by atoms with van der Waals surface area (Å²) in [6, 6.07) is 7.97. The highest BCUT2D eigenvalue weighted by molar-refractivity contribution is 5.73. The van der Waals surface area contributed by atoms with Gasteiger partial charge < -0.3 is 0 Å². The molecule has 2 aromatic rings. The maximum absolute atomic E-state index is 4.10. The molecule has 1 aromatic carbocycles. The molecule has 0 radical (unpaired) electrons. The van der Waals surface area contributed by atoms with Crippen LogP contribution in [0.2, 0.25) is 0 Å². The lowest BCUT2D eigenvalue weighted by molar-refractivity contribution is 0.365. The quantitative estimate of drug-likeness (QED) is 0.810. The molecule has 4 nitrogen and oxygen atoms in total. The molecule has 0 fully saturated rings. The Morgan fingerprint density at radius 3 is 2.73 bits per heavy atom. The molecule has 15 heavy (non-hydrogen) atoms. The van der Waals surface area contributed by atoms with Gasteiger partial charge in [-0.15, -0.1) is 5.10 Å². The van der Waals surface area contributed by atoms with E-state index in [0.717, 1.165) is 11.0 Å². The van der Waals surface area contributed by atoms with Gasteiger partial charge in [0.05, 0.1) is 12.2 Å². The molecule has 0 saturated heterocycles. The van der Waals surface area contributed by atoms with E-state index < -0.39 is 0 Å². The number of aromatic nitrogens is 3. The molecule has 80 valence electrons. The first-order valence-electron chi connectivity index (χ1n) is 5.09. The van der Waals surface area contributed by atoms with E-state index in [2.05, 4.69) is 36.4 Å². The van der Waals surface area contributed by atoms with Crippen LogP contribution in [0.4, 0.5) is 0 Å². The zero-order valence-corrected chi connectivity index (χ0v) is 9.36. The lowest BCUT2D eigenvalue weighted by Crippen LogP contribution is -2.37. The molecule has 1 N–H and O–H groups in total. The van der Waals surface area contributed by atoms with Gasteiger partial charge in [-0.3, -0.25) is 5.32 Å². The average molecular weight is 204 g/mol. The molecule has 0 aliphatic heterocycles. The van der Waals surface area contributed by atoms with Crippen molar-refractivity contribution >= 4 is 11.0 Å². The number of fused-ring (bicyclic) bond motifs is 1. The van der Waals surface area contributed by atoms with Crippen molar-refractivity contribution in [3.63, 3.8) is 0 Å². The Hall–Kier alpha value is -1.42. The smallest absolute Gasteiger partial charge is 0.113 e. The summed E-state index contributed by atoms with van der Waals surface area (Å²) in [5.74, 6) is 0. The van der Waals surface area contributed by atoms with Gasteiger partial charge in [-0.25, -0.2) is 4.68 Å². The van der Waals surface area contributed by atoms with Crippen LogP contribution in [0.3, 0.4) is 0 Å². The van der Waals surface area contributed by atoms with E-state index in [1.807, 2.05) is 28.9 Å². The summed E-state index contributed by atoms with van der Waals surface area (Å²) >= 11 is 0. The minimum absolute atomic E-state index is 0.0903. The minimum atomic E-state index is 0.0903. The molecule has 1 aromatic heterocycles. The fourth-order valence-corrected chi connectivity index (χ4v) is 1.35. The van der Waals surface area contributed by atoms with Crippen molar-refractivity contribution in [3.8, 4) is 0 Å². The number of para-hydroxylation sites is 1. The third-order valence-electron chi connectivity index (χ3n) is 2.18. The average Bonchev–Trinajstić information content (AvgIpc) is 2.57. The van der Waals surface area contributed by atoms with E-state index in [0.29, 0.717) is 6.67 Å². The van der Waals surface area contributed by atoms with Gasteiger partial charge in [-0.2, -0.15) is 0 Å². The number of nitrogens with one attached hydrogen (secondary N) is 1. The van der Waals surface area contributed by atoms with Gasteiger partial charge in [0.25, 0.3) is 0 Å². The molecule has 1 heterocycles. The molecule has 4 heteroatoms. The van der Waals surface area contributed by atoms with Gasteiger partial charge in [-0.1, -0.05) is 17.3 Å². The van der Waals surface area contributed by atoms with Gasteiger partial charge in [0.15, 0.2) is 0 Å². The summed E-state index contributed by atoms with van der Waals surface area (Å²) in [6.45, 7) is 7.08. The van der Waals surface area contributed by atoms with Gasteiger partial charge in [0.2, 0.25) is 0 Å². The summed E-state index contributed by atoms with van der Waals surface area (Å²) in [5.41, 5.74) is 2.09. The molecule has 0 amide bonds. The highest BCUT2D eigenvalue weighted by atomic mass is 15.5. The standard InChI is InChI=1S/C11H16N4/c1-11(2,3)12-8-15-10-7-5-4-6-9(10)13-14-15/h4-7,12H,8H2,1-3H3. The normalized spacial score (nSPS) is 12.2. The summed E-state index contributed by atoms with van der Waals surface area (Å²) in [5, 5.41) is 11.6. The van der Waals surface area contributed by atoms with Gasteiger partial charge in [-0.05, 0) is 32.9 Å². The molecular formula is C11H16N4. The minimum Gasteiger partial charge on any atom is -0.293 e. The van der Waals surface area contributed by atoms with Crippen LogP contribution in [-0.4, -0.2) is 20.5 Å². The third-order valence-corrected chi connectivity index (χ3v) is 2.18. The molecule has 0 unspecified atom stereocenters. The lowest BCUT2D eigenvalue weighted by Gasteiger charge is -2.20. The van der Waals surface area contributed by atoms with Crippen LogP contribution in [0.1, 0.15) is 20.8 Å². The second-order valence-corrected chi connectivity index (χ2v) is 4.66. The van der Waals surface area contributed by atoms with E-state index in [-0.39, 0.29) is 5.54 Å². The van der Waals surface area contributed by atoms with Gasteiger partial charge in [0.1, 0.15) is 5.52 Å². The van der Waals surface area contributed by atoms with Crippen LogP contribution in [0.15, 0.2) is 24.3 Å². The third kappa shape index (κ3) is 2.33. The van der Waals surface area contributed by atoms with E-state index in [1.165, 1.54) is 0 Å². The first kappa shape index (κ1) is 10.1. The first-order valence-corrected chi connectivity index (χ1v) is 5.09. The topological polar surface area (TPSA) is 42.7 Å². The summed E-state index contributed by atoms with van der Waals surface area (Å²) in [4.78, 5) is 0. The molecule has 0 bridgehead atoms. The Balaban J connectivity index is 2.22. The van der Waals surface area contributed by atoms with Crippen LogP contribution < -0.4 is 5.32 Å². The first-order chi connectivity index (χ1) is 7.06. The monoisotopic (exact) mass is 204 g/mol. The van der Waals surface area contributed by atoms with Crippen molar-refractivity contribution in [1.82, 2.24) is 20.3 Å². The number of rotatable bonds is 2. The number of hydrogen-bond acceptors (Lipinski definition) is 3. The van der Waals surface area contributed by atoms with Gasteiger partial charge >= 0.3 is 0 Å². The largest absolute Gasteiger partial charge is 0.293 e. The van der Waals surface area contributed by atoms with Crippen molar-refractivity contribution in [3.05, 3.63) is 24.3 Å². The Kier molecular flexibility index (Phi) is 2.44. The maximum atomic E-state index is 4.10. The van der Waals surface area contributed by atoms with E-state index in [1.54, 1.807) is 0 Å². The lowest BCUT2D eigenvalue weighted by atomic mass is 10.1. The second-order valence-electron chi connectivity index (χ2n) is 4.66. The summed E-state index contributed by atoms with van der Waals surface area (Å²) < 4.78 is 1.88. The predicted octanol–water partition coefficient (Wildman–Crippen LogP) is 1.78. The molecule has 0 atom stereocenters. The second kappa shape index (κ2) is 3.62. The zero-order valence-electron chi connectivity index (χ0n) is 9.36. The van der Waals surface area contributed by atoms with Crippen molar-refractivity contribution in [2.75, 3.05) is 0 Å². The van der Waals surface area contributed by atoms with E-state index >= 15 is 0 Å². The van der Waals surface area contributed by atoms with Crippen molar-refractivity contribution in [1.29, 1.82) is 0 Å². The van der Waals surface area contributed by atoms with Crippen molar-refractivity contribution < 1.29 is 0 Å². The van der Waals surface area contributed by atoms with E-state index in [9.17, 15) is 0 Å². The zero-order chi connectivity index (χ0) is 10.9. The van der Waals surface area contributed by atoms with Crippen LogP contribution >= 0.6 is 0 Å². The molecule has 0 spiro atoms. The number of benzene rings is 1. The molecular weight excluding hydrogens is 188 g/mol. The highest BCUT2D eigenvalue weighted by Gasteiger charge is 2.10. The van der Waals surface area contributed by atoms with E-state index in [4.69, 9.17) is 0 Å². The highest BCUT2D eigenvalue weighted by Crippen LogP contribution is 2.09. The fraction of sp³-hybridized carbons (Fsp3) is 0.455. The number of hydrogen-bond donors (Lipinski definition) is 1. The summed E-state index contributed by atoms with van der Waals surface area (Å²) in [6.07, 6.45) is 0. The van der Waals surface area contributed by atoms with Crippen LogP contribution in [0.5, 0.6) is 0 Å². The van der Waals surface area contributed by atoms with Crippen LogP contribution in [0, 0.1) is 0 Å². The Morgan fingerprint density at radius 2 is 2.00 bits per heavy atom. The van der Waals surface area contributed by atoms with Crippen molar-refractivity contribution in [2.45, 2.75) is 33.0 Å². The fourth-order valence-electron chi connectivity index (χ4n) is 1.35. The maximum Gasteiger partial charge on any atom is 0.113 e. The SMILES string of the molecule is CC(C)(C)NCn1nnc2ccccc21. The Morgan fingerprint density at radius 1 is 1.27 bits per heavy atom. The van der Waals surface area contributed by atoms with Crippen LogP contribution in [0.25, 0.3) is 11.0 Å². The molecule has 0 aliphatic carbocycles.